The first-order valence-electron chi connectivity index (χ1n) is 9.32. The standard InChI is InChI=1S/C20H20N6OS/c1-27-17-5-3-2-4-15(17)16-12-28-20(22-16)14-8-10-25(11-9-14)19-7-6-18-23-21-13-26(18)24-19/h2-7,12-14H,8-11H2,1H3. The van der Waals surface area contributed by atoms with E-state index in [9.17, 15) is 0 Å². The number of para-hydroxylation sites is 1. The molecule has 7 nitrogen and oxygen atoms in total. The van der Waals surface area contributed by atoms with Gasteiger partial charge in [0.05, 0.1) is 17.8 Å². The van der Waals surface area contributed by atoms with E-state index in [1.54, 1.807) is 29.3 Å². The van der Waals surface area contributed by atoms with Crippen molar-refractivity contribution in [3.05, 3.63) is 53.1 Å². The van der Waals surface area contributed by atoms with Crippen LogP contribution in [0.2, 0.25) is 0 Å². The van der Waals surface area contributed by atoms with Crippen molar-refractivity contribution >= 4 is 22.8 Å². The maximum atomic E-state index is 5.48. The molecule has 1 aliphatic rings. The number of ether oxygens (including phenoxy) is 1. The molecule has 0 spiro atoms. The summed E-state index contributed by atoms with van der Waals surface area (Å²) in [6.07, 6.45) is 3.78. The lowest BCUT2D eigenvalue weighted by molar-refractivity contribution is 0.416. The first-order valence-corrected chi connectivity index (χ1v) is 10.2. The summed E-state index contributed by atoms with van der Waals surface area (Å²) in [6, 6.07) is 12.0. The first kappa shape index (κ1) is 17.1. The lowest BCUT2D eigenvalue weighted by Crippen LogP contribution is -2.33. The summed E-state index contributed by atoms with van der Waals surface area (Å²) in [4.78, 5) is 7.25. The molecule has 0 radical (unpaired) electrons. The van der Waals surface area contributed by atoms with Crippen molar-refractivity contribution in [2.24, 2.45) is 0 Å². The van der Waals surface area contributed by atoms with Gasteiger partial charge >= 0.3 is 0 Å². The number of benzene rings is 1. The van der Waals surface area contributed by atoms with Crippen LogP contribution in [0.1, 0.15) is 23.8 Å². The molecule has 1 aliphatic heterocycles. The van der Waals surface area contributed by atoms with Gasteiger partial charge in [-0.3, -0.25) is 0 Å². The van der Waals surface area contributed by atoms with E-state index in [1.165, 1.54) is 5.01 Å². The lowest BCUT2D eigenvalue weighted by atomic mass is 9.97. The van der Waals surface area contributed by atoms with Gasteiger partial charge in [-0.1, -0.05) is 12.1 Å². The fourth-order valence-electron chi connectivity index (χ4n) is 3.70. The maximum absolute atomic E-state index is 5.48. The highest BCUT2D eigenvalue weighted by Crippen LogP contribution is 2.36. The molecule has 1 saturated heterocycles. The van der Waals surface area contributed by atoms with E-state index in [-0.39, 0.29) is 0 Å². The molecule has 0 N–H and O–H groups in total. The van der Waals surface area contributed by atoms with Crippen LogP contribution in [0.3, 0.4) is 0 Å². The molecule has 142 valence electrons. The SMILES string of the molecule is COc1ccccc1-c1csc(C2CCN(c3ccc4nncn4n3)CC2)n1. The number of hydrogen-bond acceptors (Lipinski definition) is 7. The lowest BCUT2D eigenvalue weighted by Gasteiger charge is -2.31. The predicted molar refractivity (Wildman–Crippen MR) is 109 cm³/mol. The largest absolute Gasteiger partial charge is 0.496 e. The Bertz CT molecular complexity index is 1100. The van der Waals surface area contributed by atoms with E-state index in [0.29, 0.717) is 5.92 Å². The van der Waals surface area contributed by atoms with Gasteiger partial charge in [0.2, 0.25) is 0 Å². The minimum absolute atomic E-state index is 0.489. The molecule has 1 aromatic carbocycles. The highest BCUT2D eigenvalue weighted by molar-refractivity contribution is 7.10. The van der Waals surface area contributed by atoms with Crippen molar-refractivity contribution in [3.8, 4) is 17.0 Å². The van der Waals surface area contributed by atoms with Gasteiger partial charge in [-0.25, -0.2) is 4.98 Å². The van der Waals surface area contributed by atoms with Crippen LogP contribution in [0, 0.1) is 0 Å². The molecule has 0 bridgehead atoms. The second-order valence-electron chi connectivity index (χ2n) is 6.86. The summed E-state index contributed by atoms with van der Waals surface area (Å²) in [5.41, 5.74) is 2.82. The molecule has 0 atom stereocenters. The van der Waals surface area contributed by atoms with Gasteiger partial charge in [0.25, 0.3) is 0 Å². The number of methoxy groups -OCH3 is 1. The smallest absolute Gasteiger partial charge is 0.177 e. The van der Waals surface area contributed by atoms with Gasteiger partial charge in [0.1, 0.15) is 17.9 Å². The molecule has 4 heterocycles. The van der Waals surface area contributed by atoms with Gasteiger partial charge in [-0.15, -0.1) is 26.6 Å². The van der Waals surface area contributed by atoms with Gasteiger partial charge in [-0.2, -0.15) is 4.52 Å². The third-order valence-corrected chi connectivity index (χ3v) is 6.23. The molecule has 8 heteroatoms. The molecule has 5 rings (SSSR count). The molecule has 0 amide bonds. The molecule has 1 fully saturated rings. The van der Waals surface area contributed by atoms with Crippen LogP contribution in [0.4, 0.5) is 5.82 Å². The summed E-state index contributed by atoms with van der Waals surface area (Å²) in [6.45, 7) is 1.93. The average molecular weight is 392 g/mol. The second-order valence-corrected chi connectivity index (χ2v) is 7.75. The monoisotopic (exact) mass is 392 g/mol. The van der Waals surface area contributed by atoms with Gasteiger partial charge < -0.3 is 9.64 Å². The Balaban J connectivity index is 1.30. The van der Waals surface area contributed by atoms with Crippen LogP contribution in [-0.2, 0) is 0 Å². The number of hydrogen-bond donors (Lipinski definition) is 0. The van der Waals surface area contributed by atoms with E-state index in [4.69, 9.17) is 9.72 Å². The van der Waals surface area contributed by atoms with Crippen LogP contribution in [0.25, 0.3) is 16.9 Å². The van der Waals surface area contributed by atoms with Gasteiger partial charge in [0.15, 0.2) is 5.65 Å². The third-order valence-electron chi connectivity index (χ3n) is 5.22. The summed E-state index contributed by atoms with van der Waals surface area (Å²) >= 11 is 1.75. The first-order chi connectivity index (χ1) is 13.8. The fourth-order valence-corrected chi connectivity index (χ4v) is 4.69. The van der Waals surface area contributed by atoms with Crippen molar-refractivity contribution in [3.63, 3.8) is 0 Å². The maximum Gasteiger partial charge on any atom is 0.177 e. The van der Waals surface area contributed by atoms with Crippen molar-refractivity contribution in [2.75, 3.05) is 25.1 Å². The van der Waals surface area contributed by atoms with E-state index in [1.807, 2.05) is 30.3 Å². The van der Waals surface area contributed by atoms with Crippen LogP contribution < -0.4 is 9.64 Å². The van der Waals surface area contributed by atoms with Crippen LogP contribution >= 0.6 is 11.3 Å². The number of piperidine rings is 1. The number of thiazole rings is 1. The molecule has 4 aromatic rings. The van der Waals surface area contributed by atoms with Crippen molar-refractivity contribution in [2.45, 2.75) is 18.8 Å². The average Bonchev–Trinajstić information content (AvgIpc) is 3.43. The summed E-state index contributed by atoms with van der Waals surface area (Å²) < 4.78 is 7.21. The summed E-state index contributed by atoms with van der Waals surface area (Å²) in [5.74, 6) is 2.33. The summed E-state index contributed by atoms with van der Waals surface area (Å²) in [7, 11) is 1.70. The number of rotatable bonds is 4. The predicted octanol–water partition coefficient (Wildman–Crippen LogP) is 3.64. The topological polar surface area (TPSA) is 68.4 Å². The van der Waals surface area contributed by atoms with E-state index in [0.717, 1.165) is 54.4 Å². The minimum atomic E-state index is 0.489. The van der Waals surface area contributed by atoms with E-state index < -0.39 is 0 Å². The molecule has 28 heavy (non-hydrogen) atoms. The Hall–Kier alpha value is -3.00. The van der Waals surface area contributed by atoms with Gasteiger partial charge in [0, 0.05) is 30.0 Å². The number of anilines is 1. The molecule has 0 saturated carbocycles. The molecule has 3 aromatic heterocycles. The van der Waals surface area contributed by atoms with Crippen LogP contribution in [-0.4, -0.2) is 45.0 Å². The Kier molecular flexibility index (Phi) is 4.40. The quantitative estimate of drug-likeness (QED) is 0.528. The van der Waals surface area contributed by atoms with Crippen molar-refractivity contribution in [1.82, 2.24) is 24.8 Å². The van der Waals surface area contributed by atoms with E-state index in [2.05, 4.69) is 31.6 Å². The normalized spacial score (nSPS) is 15.2. The zero-order valence-corrected chi connectivity index (χ0v) is 16.3. The fraction of sp³-hybridized carbons (Fsp3) is 0.300. The molecular weight excluding hydrogens is 372 g/mol. The minimum Gasteiger partial charge on any atom is -0.496 e. The Labute approximate surface area is 166 Å². The Morgan fingerprint density at radius 2 is 1.96 bits per heavy atom. The number of fused-ring (bicyclic) bond motifs is 1. The Morgan fingerprint density at radius 1 is 1.11 bits per heavy atom. The Morgan fingerprint density at radius 3 is 2.82 bits per heavy atom. The molecule has 0 unspecified atom stereocenters. The summed E-state index contributed by atoms with van der Waals surface area (Å²) in [5, 5.41) is 15.9. The zero-order chi connectivity index (χ0) is 18.9. The van der Waals surface area contributed by atoms with Crippen molar-refractivity contribution < 1.29 is 4.74 Å². The highest BCUT2D eigenvalue weighted by Gasteiger charge is 2.24. The van der Waals surface area contributed by atoms with Gasteiger partial charge in [-0.05, 0) is 37.1 Å². The van der Waals surface area contributed by atoms with Crippen LogP contribution in [0.15, 0.2) is 48.1 Å². The third kappa shape index (κ3) is 3.09. The molecular formula is C20H20N6OS. The van der Waals surface area contributed by atoms with Crippen LogP contribution in [0.5, 0.6) is 5.75 Å². The number of aromatic nitrogens is 5. The zero-order valence-electron chi connectivity index (χ0n) is 15.5. The van der Waals surface area contributed by atoms with E-state index >= 15 is 0 Å². The van der Waals surface area contributed by atoms with Crippen molar-refractivity contribution in [1.29, 1.82) is 0 Å². The number of nitrogens with zero attached hydrogens (tertiary/aromatic N) is 6. The highest BCUT2D eigenvalue weighted by atomic mass is 32.1. The molecule has 0 aliphatic carbocycles. The second kappa shape index (κ2) is 7.20.